The Hall–Kier alpha value is -4.38. The van der Waals surface area contributed by atoms with E-state index in [1.807, 2.05) is 44.2 Å². The van der Waals surface area contributed by atoms with Crippen LogP contribution in [-0.2, 0) is 11.3 Å². The monoisotopic (exact) mass is 563 g/mol. The fraction of sp³-hybridized carbons (Fsp3) is 0.300. The Morgan fingerprint density at radius 1 is 1.00 bits per heavy atom. The van der Waals surface area contributed by atoms with E-state index in [2.05, 4.69) is 15.2 Å². The highest BCUT2D eigenvalue weighted by Gasteiger charge is 2.40. The van der Waals surface area contributed by atoms with E-state index < -0.39 is 23.4 Å². The summed E-state index contributed by atoms with van der Waals surface area (Å²) in [5, 5.41) is 3.45. The Kier molecular flexibility index (Phi) is 7.72. The highest BCUT2D eigenvalue weighted by atomic mass is 19.4. The summed E-state index contributed by atoms with van der Waals surface area (Å²) in [7, 11) is 0. The van der Waals surface area contributed by atoms with E-state index in [4.69, 9.17) is 14.7 Å². The number of carbonyl (C=O) groups excluding carboxylic acids is 2. The number of fused-ring (bicyclic) bond motifs is 1. The number of hydrogen-bond acceptors (Lipinski definition) is 7. The maximum Gasteiger partial charge on any atom is 0.454 e. The summed E-state index contributed by atoms with van der Waals surface area (Å²) in [5.41, 5.74) is 2.07. The summed E-state index contributed by atoms with van der Waals surface area (Å²) >= 11 is 0. The summed E-state index contributed by atoms with van der Waals surface area (Å²) in [6.45, 7) is 6.97. The fourth-order valence-corrected chi connectivity index (χ4v) is 4.84. The number of Topliss-reactive ketones (excluding diaryl/α,β-unsaturated/α-hetero) is 1. The lowest BCUT2D eigenvalue weighted by atomic mass is 10.0. The molecule has 1 N–H and O–H groups in total. The van der Waals surface area contributed by atoms with E-state index >= 15 is 0 Å². The molecule has 0 unspecified atom stereocenters. The van der Waals surface area contributed by atoms with Gasteiger partial charge >= 0.3 is 6.18 Å². The Balaban J connectivity index is 1.33. The van der Waals surface area contributed by atoms with Crippen LogP contribution in [-0.4, -0.2) is 58.1 Å². The second-order valence-electron chi connectivity index (χ2n) is 10.1. The molecule has 0 spiro atoms. The van der Waals surface area contributed by atoms with E-state index in [1.54, 1.807) is 12.3 Å². The minimum Gasteiger partial charge on any atom is -0.372 e. The zero-order valence-electron chi connectivity index (χ0n) is 22.7. The van der Waals surface area contributed by atoms with Crippen LogP contribution in [0.2, 0.25) is 0 Å². The van der Waals surface area contributed by atoms with Crippen LogP contribution in [0.1, 0.15) is 45.8 Å². The third-order valence-corrected chi connectivity index (χ3v) is 6.80. The summed E-state index contributed by atoms with van der Waals surface area (Å²) < 4.78 is 44.7. The van der Waals surface area contributed by atoms with Gasteiger partial charge in [0.25, 0.3) is 11.7 Å². The maximum absolute atomic E-state index is 12.9. The second-order valence-corrected chi connectivity index (χ2v) is 10.1. The molecule has 4 aromatic rings. The number of nitrogens with zero attached hydrogens (tertiary/aromatic N) is 4. The molecular weight excluding hydrogens is 535 g/mol. The molecule has 212 valence electrons. The Morgan fingerprint density at radius 3 is 2.46 bits per heavy atom. The van der Waals surface area contributed by atoms with Crippen molar-refractivity contribution in [2.45, 2.75) is 45.7 Å². The van der Waals surface area contributed by atoms with Crippen molar-refractivity contribution >= 4 is 28.4 Å². The summed E-state index contributed by atoms with van der Waals surface area (Å²) in [6, 6.07) is 15.0. The van der Waals surface area contributed by atoms with Crippen molar-refractivity contribution in [2.75, 3.05) is 18.0 Å². The van der Waals surface area contributed by atoms with Gasteiger partial charge in [-0.25, -0.2) is 9.97 Å². The van der Waals surface area contributed by atoms with Crippen LogP contribution in [0.5, 0.6) is 0 Å². The summed E-state index contributed by atoms with van der Waals surface area (Å²) in [5.74, 6) is -1.77. The molecule has 0 radical (unpaired) electrons. The topological polar surface area (TPSA) is 97.3 Å². The number of benzene rings is 1. The number of carbonyl (C=O) groups is 2. The summed E-state index contributed by atoms with van der Waals surface area (Å²) in [4.78, 5) is 40.6. The fourth-order valence-electron chi connectivity index (χ4n) is 4.84. The normalized spacial score (nSPS) is 17.5. The first-order valence-corrected chi connectivity index (χ1v) is 13.1. The lowest BCUT2D eigenvalue weighted by Crippen LogP contribution is -2.45. The first kappa shape index (κ1) is 28.2. The quantitative estimate of drug-likeness (QED) is 0.319. The SMILES string of the molecule is Cc1ccc(C(=O)NCc2cc3nc(-c4cccc(N5C[C@@H](C)O[C@@H](C)C5)n4)ccc3cn2)cc1C(=O)C(F)(F)F. The molecular formula is C30H28F3N5O3. The molecule has 1 amide bonds. The van der Waals surface area contributed by atoms with Crippen LogP contribution in [0.4, 0.5) is 19.0 Å². The highest BCUT2D eigenvalue weighted by molar-refractivity contribution is 6.04. The minimum absolute atomic E-state index is 0.0121. The largest absolute Gasteiger partial charge is 0.454 e. The van der Waals surface area contributed by atoms with Gasteiger partial charge in [-0.15, -0.1) is 0 Å². The van der Waals surface area contributed by atoms with Gasteiger partial charge in [-0.1, -0.05) is 12.1 Å². The van der Waals surface area contributed by atoms with Gasteiger partial charge in [0.15, 0.2) is 0 Å². The van der Waals surface area contributed by atoms with Crippen molar-refractivity contribution < 1.29 is 27.5 Å². The van der Waals surface area contributed by atoms with E-state index in [9.17, 15) is 22.8 Å². The van der Waals surface area contributed by atoms with Crippen LogP contribution >= 0.6 is 0 Å². The Bertz CT molecular complexity index is 1620. The molecule has 8 nitrogen and oxygen atoms in total. The molecule has 1 aromatic carbocycles. The maximum atomic E-state index is 12.9. The number of rotatable bonds is 6. The first-order chi connectivity index (χ1) is 19.5. The molecule has 0 bridgehead atoms. The molecule has 4 heterocycles. The predicted octanol–water partition coefficient (Wildman–Crippen LogP) is 5.29. The molecule has 1 aliphatic rings. The number of alkyl halides is 3. The molecule has 11 heteroatoms. The first-order valence-electron chi connectivity index (χ1n) is 13.1. The lowest BCUT2D eigenvalue weighted by molar-refractivity contribution is -0.0885. The van der Waals surface area contributed by atoms with Crippen LogP contribution < -0.4 is 10.2 Å². The molecule has 1 saturated heterocycles. The van der Waals surface area contributed by atoms with Crippen molar-refractivity contribution in [1.29, 1.82) is 0 Å². The molecule has 0 aliphatic carbocycles. The van der Waals surface area contributed by atoms with Gasteiger partial charge in [0.05, 0.1) is 41.4 Å². The number of aromatic nitrogens is 3. The van der Waals surface area contributed by atoms with Gasteiger partial charge in [-0.2, -0.15) is 13.2 Å². The third kappa shape index (κ3) is 6.35. The zero-order valence-corrected chi connectivity index (χ0v) is 22.7. The van der Waals surface area contributed by atoms with Crippen molar-refractivity contribution in [3.63, 3.8) is 0 Å². The molecule has 3 aromatic heterocycles. The second kappa shape index (κ2) is 11.2. The number of hydrogen-bond donors (Lipinski definition) is 1. The number of aryl methyl sites for hydroxylation is 1. The minimum atomic E-state index is -5.03. The lowest BCUT2D eigenvalue weighted by Gasteiger charge is -2.36. The van der Waals surface area contributed by atoms with Crippen molar-refractivity contribution in [3.8, 4) is 11.4 Å². The van der Waals surface area contributed by atoms with Gasteiger partial charge in [0.1, 0.15) is 5.82 Å². The number of nitrogens with one attached hydrogen (secondary N) is 1. The van der Waals surface area contributed by atoms with Crippen LogP contribution in [0.25, 0.3) is 22.3 Å². The van der Waals surface area contributed by atoms with E-state index in [1.165, 1.54) is 19.1 Å². The highest BCUT2D eigenvalue weighted by Crippen LogP contribution is 2.26. The molecule has 5 rings (SSSR count). The number of ether oxygens (including phenoxy) is 1. The molecule has 2 atom stereocenters. The smallest absolute Gasteiger partial charge is 0.372 e. The summed E-state index contributed by atoms with van der Waals surface area (Å²) in [6.07, 6.45) is -3.19. The van der Waals surface area contributed by atoms with E-state index in [0.29, 0.717) is 22.6 Å². The van der Waals surface area contributed by atoms with E-state index in [-0.39, 0.29) is 29.9 Å². The Labute approximate surface area is 234 Å². The van der Waals surface area contributed by atoms with Crippen molar-refractivity contribution in [2.24, 2.45) is 0 Å². The predicted molar refractivity (Wildman–Crippen MR) is 148 cm³/mol. The van der Waals surface area contributed by atoms with Gasteiger partial charge in [0.2, 0.25) is 0 Å². The molecule has 1 fully saturated rings. The number of pyridine rings is 3. The Morgan fingerprint density at radius 2 is 1.73 bits per heavy atom. The van der Waals surface area contributed by atoms with Gasteiger partial charge in [0, 0.05) is 35.8 Å². The van der Waals surface area contributed by atoms with Gasteiger partial charge < -0.3 is 15.0 Å². The number of ketones is 1. The van der Waals surface area contributed by atoms with Crippen LogP contribution in [0.15, 0.2) is 60.8 Å². The van der Waals surface area contributed by atoms with Gasteiger partial charge in [-0.3, -0.25) is 14.6 Å². The average molecular weight is 564 g/mol. The van der Waals surface area contributed by atoms with E-state index in [0.717, 1.165) is 30.4 Å². The molecule has 0 saturated carbocycles. The third-order valence-electron chi connectivity index (χ3n) is 6.80. The number of morpholine rings is 1. The van der Waals surface area contributed by atoms with Crippen molar-refractivity contribution in [3.05, 3.63) is 83.2 Å². The number of halogens is 3. The molecule has 1 aliphatic heterocycles. The number of amides is 1. The zero-order chi connectivity index (χ0) is 29.3. The van der Waals surface area contributed by atoms with Gasteiger partial charge in [-0.05, 0) is 68.8 Å². The van der Waals surface area contributed by atoms with Crippen molar-refractivity contribution in [1.82, 2.24) is 20.3 Å². The number of anilines is 1. The van der Waals surface area contributed by atoms with Crippen LogP contribution in [0.3, 0.4) is 0 Å². The average Bonchev–Trinajstić information content (AvgIpc) is 2.94. The standard InChI is InChI=1S/C30H28F3N5O3/c1-17-7-8-20(11-23(17)28(39)30(31,32)33)29(40)35-14-22-12-26-21(13-34-22)9-10-25(36-26)24-5-4-6-27(37-24)38-15-18(2)41-19(3)16-38/h4-13,18-19H,14-16H2,1-3H3,(H,35,40)/t18-,19+. The molecule has 41 heavy (non-hydrogen) atoms. The van der Waals surface area contributed by atoms with Crippen LogP contribution in [0, 0.1) is 6.92 Å².